The lowest BCUT2D eigenvalue weighted by molar-refractivity contribution is -0.140. The van der Waals surface area contributed by atoms with E-state index >= 15 is 0 Å². The number of ketones is 1. The number of aliphatic hydroxyl groups excluding tert-OH is 1. The minimum absolute atomic E-state index is 0.00812. The molecule has 7 nitrogen and oxygen atoms in total. The second-order valence-corrected chi connectivity index (χ2v) is 8.08. The topological polar surface area (TPSA) is 79.3 Å². The molecular weight excluding hydrogens is 427 g/mol. The molecule has 2 saturated heterocycles. The molecule has 2 aliphatic rings. The van der Waals surface area contributed by atoms with Crippen LogP contribution in [0.1, 0.15) is 23.6 Å². The van der Waals surface area contributed by atoms with Gasteiger partial charge < -0.3 is 19.5 Å². The van der Waals surface area contributed by atoms with Crippen LogP contribution in [-0.2, 0) is 14.3 Å². The summed E-state index contributed by atoms with van der Waals surface area (Å²) in [5.41, 5.74) is 0.922. The summed E-state index contributed by atoms with van der Waals surface area (Å²) in [5, 5.41) is 11.0. The van der Waals surface area contributed by atoms with Gasteiger partial charge in [0, 0.05) is 31.7 Å². The van der Waals surface area contributed by atoms with Gasteiger partial charge in [0.2, 0.25) is 0 Å². The normalized spacial score (nSPS) is 20.9. The first kappa shape index (κ1) is 22.9. The van der Waals surface area contributed by atoms with Crippen LogP contribution in [0.25, 0.3) is 5.76 Å². The van der Waals surface area contributed by atoms with Crippen LogP contribution in [0, 0.1) is 5.82 Å². The van der Waals surface area contributed by atoms with Crippen LogP contribution in [0.5, 0.6) is 5.75 Å². The number of carbonyl (C=O) groups is 2. The molecule has 0 bridgehead atoms. The molecule has 0 aromatic heterocycles. The summed E-state index contributed by atoms with van der Waals surface area (Å²) in [5.74, 6) is -1.62. The number of methoxy groups -OCH3 is 1. The molecule has 1 unspecified atom stereocenters. The summed E-state index contributed by atoms with van der Waals surface area (Å²) in [6, 6.07) is 11.5. The van der Waals surface area contributed by atoms with Crippen LogP contribution in [0.3, 0.4) is 0 Å². The fraction of sp³-hybridized carbons (Fsp3) is 0.360. The standard InChI is InChI=1S/C25H27FN2O5/c1-32-20-5-2-4-18(16-20)22-21(23(29)17-6-8-19(26)9-7-17)24(30)25(31)28(22)11-3-10-27-12-14-33-15-13-27/h2,4-9,16,22,29H,3,10-15H2,1H3. The molecule has 33 heavy (non-hydrogen) atoms. The Bertz CT molecular complexity index is 1050. The number of ether oxygens (including phenoxy) is 2. The fourth-order valence-electron chi connectivity index (χ4n) is 4.32. The van der Waals surface area contributed by atoms with Crippen molar-refractivity contribution in [1.29, 1.82) is 0 Å². The first-order valence-corrected chi connectivity index (χ1v) is 11.0. The van der Waals surface area contributed by atoms with E-state index in [2.05, 4.69) is 4.90 Å². The van der Waals surface area contributed by atoms with Crippen LogP contribution in [0.15, 0.2) is 54.1 Å². The average Bonchev–Trinajstić information content (AvgIpc) is 3.10. The highest BCUT2D eigenvalue weighted by Gasteiger charge is 2.45. The molecule has 2 fully saturated rings. The number of amides is 1. The lowest BCUT2D eigenvalue weighted by atomic mass is 9.95. The SMILES string of the molecule is COc1cccc(C2C(=C(O)c3ccc(F)cc3)C(=O)C(=O)N2CCCN2CCOCC2)c1. The molecule has 174 valence electrons. The Morgan fingerprint density at radius 2 is 1.85 bits per heavy atom. The smallest absolute Gasteiger partial charge is 0.295 e. The number of Topliss-reactive ketones (excluding diaryl/α,β-unsaturated/α-hetero) is 1. The lowest BCUT2D eigenvalue weighted by Crippen LogP contribution is -2.38. The maximum atomic E-state index is 13.4. The van der Waals surface area contributed by atoms with Crippen molar-refractivity contribution in [2.45, 2.75) is 12.5 Å². The predicted molar refractivity (Wildman–Crippen MR) is 120 cm³/mol. The van der Waals surface area contributed by atoms with E-state index < -0.39 is 23.5 Å². The summed E-state index contributed by atoms with van der Waals surface area (Å²) in [6.07, 6.45) is 0.671. The third-order valence-corrected chi connectivity index (χ3v) is 6.04. The number of halogens is 1. The number of hydrogen-bond donors (Lipinski definition) is 1. The maximum absolute atomic E-state index is 13.4. The summed E-state index contributed by atoms with van der Waals surface area (Å²) >= 11 is 0. The largest absolute Gasteiger partial charge is 0.507 e. The van der Waals surface area contributed by atoms with Crippen molar-refractivity contribution in [3.63, 3.8) is 0 Å². The van der Waals surface area contributed by atoms with E-state index in [0.29, 0.717) is 37.5 Å². The number of nitrogens with zero attached hydrogens (tertiary/aromatic N) is 2. The summed E-state index contributed by atoms with van der Waals surface area (Å²) in [7, 11) is 1.54. The van der Waals surface area contributed by atoms with Crippen molar-refractivity contribution in [3.05, 3.63) is 71.0 Å². The number of likely N-dealkylation sites (tertiary alicyclic amines) is 1. The maximum Gasteiger partial charge on any atom is 0.295 e. The molecule has 1 amide bonds. The van der Waals surface area contributed by atoms with Crippen LogP contribution in [0.4, 0.5) is 4.39 Å². The molecule has 4 rings (SSSR count). The monoisotopic (exact) mass is 454 g/mol. The molecular formula is C25H27FN2O5. The van der Waals surface area contributed by atoms with Crippen molar-refractivity contribution in [2.75, 3.05) is 46.5 Å². The van der Waals surface area contributed by atoms with Crippen molar-refractivity contribution in [2.24, 2.45) is 0 Å². The Labute approximate surface area is 192 Å². The van der Waals surface area contributed by atoms with Gasteiger partial charge in [-0.25, -0.2) is 4.39 Å². The van der Waals surface area contributed by atoms with Crippen LogP contribution >= 0.6 is 0 Å². The third kappa shape index (κ3) is 4.91. The lowest BCUT2D eigenvalue weighted by Gasteiger charge is -2.29. The molecule has 2 heterocycles. The Morgan fingerprint density at radius 1 is 1.12 bits per heavy atom. The Kier molecular flexibility index (Phi) is 7.05. The van der Waals surface area contributed by atoms with Gasteiger partial charge >= 0.3 is 0 Å². The van der Waals surface area contributed by atoms with Crippen molar-refractivity contribution < 1.29 is 28.6 Å². The zero-order valence-corrected chi connectivity index (χ0v) is 18.5. The first-order valence-electron chi connectivity index (χ1n) is 11.0. The van der Waals surface area contributed by atoms with Crippen molar-refractivity contribution >= 4 is 17.4 Å². The second-order valence-electron chi connectivity index (χ2n) is 8.08. The highest BCUT2D eigenvalue weighted by atomic mass is 19.1. The Hall–Kier alpha value is -3.23. The molecule has 0 aliphatic carbocycles. The van der Waals surface area contributed by atoms with E-state index in [1.54, 1.807) is 24.3 Å². The van der Waals surface area contributed by atoms with Gasteiger partial charge in [-0.1, -0.05) is 12.1 Å². The first-order chi connectivity index (χ1) is 16.0. The van der Waals surface area contributed by atoms with Gasteiger partial charge in [-0.05, 0) is 48.4 Å². The van der Waals surface area contributed by atoms with Crippen molar-refractivity contribution in [3.8, 4) is 5.75 Å². The van der Waals surface area contributed by atoms with Gasteiger partial charge in [-0.15, -0.1) is 0 Å². The molecule has 2 aromatic carbocycles. The quantitative estimate of drug-likeness (QED) is 0.394. The second kappa shape index (κ2) is 10.1. The Balaban J connectivity index is 1.68. The predicted octanol–water partition coefficient (Wildman–Crippen LogP) is 2.98. The summed E-state index contributed by atoms with van der Waals surface area (Å²) < 4.78 is 24.1. The van der Waals surface area contributed by atoms with Gasteiger partial charge in [-0.3, -0.25) is 14.5 Å². The highest BCUT2D eigenvalue weighted by Crippen LogP contribution is 2.40. The molecule has 8 heteroatoms. The zero-order chi connectivity index (χ0) is 23.4. The molecule has 0 spiro atoms. The van der Waals surface area contributed by atoms with E-state index in [1.165, 1.54) is 36.3 Å². The van der Waals surface area contributed by atoms with E-state index in [9.17, 15) is 19.1 Å². The Morgan fingerprint density at radius 3 is 2.55 bits per heavy atom. The molecule has 1 atom stereocenters. The number of hydrogen-bond acceptors (Lipinski definition) is 6. The molecule has 1 N–H and O–H groups in total. The average molecular weight is 454 g/mol. The van der Waals surface area contributed by atoms with Gasteiger partial charge in [-0.2, -0.15) is 0 Å². The van der Waals surface area contributed by atoms with E-state index in [1.807, 2.05) is 0 Å². The van der Waals surface area contributed by atoms with Gasteiger partial charge in [0.15, 0.2) is 0 Å². The highest BCUT2D eigenvalue weighted by molar-refractivity contribution is 6.46. The van der Waals surface area contributed by atoms with Gasteiger partial charge in [0.1, 0.15) is 17.3 Å². The molecule has 2 aromatic rings. The van der Waals surface area contributed by atoms with Gasteiger partial charge in [0.25, 0.3) is 11.7 Å². The summed E-state index contributed by atoms with van der Waals surface area (Å²) in [4.78, 5) is 29.9. The van der Waals surface area contributed by atoms with E-state index in [0.717, 1.165) is 19.6 Å². The van der Waals surface area contributed by atoms with Crippen LogP contribution in [0.2, 0.25) is 0 Å². The number of rotatable bonds is 7. The van der Waals surface area contributed by atoms with Crippen LogP contribution in [-0.4, -0.2) is 73.1 Å². The van der Waals surface area contributed by atoms with Crippen LogP contribution < -0.4 is 4.74 Å². The minimum Gasteiger partial charge on any atom is -0.507 e. The fourth-order valence-corrected chi connectivity index (χ4v) is 4.32. The third-order valence-electron chi connectivity index (χ3n) is 6.04. The van der Waals surface area contributed by atoms with E-state index in [-0.39, 0.29) is 16.9 Å². The summed E-state index contributed by atoms with van der Waals surface area (Å²) in [6.45, 7) is 4.17. The molecule has 0 radical (unpaired) electrons. The molecule has 2 aliphatic heterocycles. The number of morpholine rings is 1. The number of benzene rings is 2. The number of carbonyl (C=O) groups excluding carboxylic acids is 2. The minimum atomic E-state index is -0.769. The van der Waals surface area contributed by atoms with Crippen molar-refractivity contribution in [1.82, 2.24) is 9.80 Å². The van der Waals surface area contributed by atoms with E-state index in [4.69, 9.17) is 9.47 Å². The number of aliphatic hydroxyl groups is 1. The van der Waals surface area contributed by atoms with Gasteiger partial charge in [0.05, 0.1) is 31.9 Å². The zero-order valence-electron chi connectivity index (χ0n) is 18.5. The molecule has 0 saturated carbocycles.